The van der Waals surface area contributed by atoms with E-state index in [1.54, 1.807) is 11.3 Å². The maximum Gasteiger partial charge on any atom is 0.157 e. The van der Waals surface area contributed by atoms with Crippen LogP contribution in [0.15, 0.2) is 34.1 Å². The first-order chi connectivity index (χ1) is 9.69. The number of fused-ring (bicyclic) bond motifs is 1. The molecule has 2 aromatic heterocycles. The van der Waals surface area contributed by atoms with E-state index in [1.165, 1.54) is 10.9 Å². The van der Waals surface area contributed by atoms with Crippen LogP contribution in [0.3, 0.4) is 0 Å². The van der Waals surface area contributed by atoms with Crippen molar-refractivity contribution in [2.24, 2.45) is 5.73 Å². The lowest BCUT2D eigenvalue weighted by Gasteiger charge is -1.99. The first kappa shape index (κ1) is 13.3. The number of hydrogen-bond donors (Lipinski definition) is 1. The zero-order chi connectivity index (χ0) is 14.1. The van der Waals surface area contributed by atoms with Gasteiger partial charge < -0.3 is 10.2 Å². The van der Waals surface area contributed by atoms with Crippen LogP contribution in [0.25, 0.3) is 22.4 Å². The fourth-order valence-corrected chi connectivity index (χ4v) is 3.36. The minimum absolute atomic E-state index is 0.135. The van der Waals surface area contributed by atoms with Crippen LogP contribution in [0.1, 0.15) is 24.4 Å². The van der Waals surface area contributed by atoms with Crippen LogP contribution in [0.5, 0.6) is 0 Å². The second-order valence-corrected chi connectivity index (χ2v) is 6.01. The first-order valence-corrected chi connectivity index (χ1v) is 7.77. The van der Waals surface area contributed by atoms with Crippen molar-refractivity contribution in [1.82, 2.24) is 4.98 Å². The van der Waals surface area contributed by atoms with Crippen molar-refractivity contribution in [3.8, 4) is 11.5 Å². The molecule has 3 rings (SSSR count). The molecule has 0 fully saturated rings. The summed E-state index contributed by atoms with van der Waals surface area (Å²) in [5.74, 6) is 0.904. The molecule has 3 aromatic rings. The molecule has 104 valence electrons. The highest BCUT2D eigenvalue weighted by Gasteiger charge is 2.16. The number of hydrogen-bond acceptors (Lipinski definition) is 4. The molecular weight excluding hydrogens is 268 g/mol. The molecular formula is C16H18N2OS. The highest BCUT2D eigenvalue weighted by atomic mass is 32.1. The van der Waals surface area contributed by atoms with Gasteiger partial charge in [-0.1, -0.05) is 25.1 Å². The van der Waals surface area contributed by atoms with E-state index >= 15 is 0 Å². The molecule has 0 spiro atoms. The first-order valence-electron chi connectivity index (χ1n) is 6.89. The van der Waals surface area contributed by atoms with Crippen molar-refractivity contribution in [3.63, 3.8) is 0 Å². The second kappa shape index (κ2) is 5.38. The van der Waals surface area contributed by atoms with Crippen LogP contribution in [0, 0.1) is 0 Å². The van der Waals surface area contributed by atoms with E-state index < -0.39 is 0 Å². The Bertz CT molecular complexity index is 727. The summed E-state index contributed by atoms with van der Waals surface area (Å²) in [6, 6.07) is 8.29. The minimum atomic E-state index is 0.135. The van der Waals surface area contributed by atoms with Crippen LogP contribution in [-0.4, -0.2) is 11.0 Å². The normalized spacial score (nSPS) is 12.9. The maximum atomic E-state index is 6.01. The van der Waals surface area contributed by atoms with Gasteiger partial charge in [0.05, 0.1) is 5.01 Å². The Morgan fingerprint density at radius 2 is 2.15 bits per heavy atom. The van der Waals surface area contributed by atoms with E-state index in [9.17, 15) is 0 Å². The fourth-order valence-electron chi connectivity index (χ4n) is 2.44. The Morgan fingerprint density at radius 1 is 1.35 bits per heavy atom. The second-order valence-electron chi connectivity index (χ2n) is 5.07. The van der Waals surface area contributed by atoms with Crippen molar-refractivity contribution in [2.45, 2.75) is 32.7 Å². The zero-order valence-corrected chi connectivity index (χ0v) is 12.5. The summed E-state index contributed by atoms with van der Waals surface area (Å²) in [5, 5.41) is 4.32. The van der Waals surface area contributed by atoms with E-state index in [0.29, 0.717) is 0 Å². The maximum absolute atomic E-state index is 6.01. The van der Waals surface area contributed by atoms with Crippen LogP contribution >= 0.6 is 11.3 Å². The number of thiazole rings is 1. The largest absolute Gasteiger partial charge is 0.454 e. The molecule has 2 N–H and O–H groups in total. The molecule has 1 unspecified atom stereocenters. The average Bonchev–Trinajstić information content (AvgIpc) is 3.01. The molecule has 0 radical (unpaired) electrons. The minimum Gasteiger partial charge on any atom is -0.454 e. The molecule has 4 heteroatoms. The Balaban J connectivity index is 2.07. The molecule has 0 saturated carbocycles. The van der Waals surface area contributed by atoms with Crippen LogP contribution in [-0.2, 0) is 12.8 Å². The lowest BCUT2D eigenvalue weighted by atomic mass is 10.1. The summed E-state index contributed by atoms with van der Waals surface area (Å²) in [5.41, 5.74) is 8.93. The summed E-state index contributed by atoms with van der Waals surface area (Å²) in [4.78, 5) is 4.67. The van der Waals surface area contributed by atoms with Gasteiger partial charge in [-0.05, 0) is 19.4 Å². The molecule has 20 heavy (non-hydrogen) atoms. The van der Waals surface area contributed by atoms with Gasteiger partial charge in [0.25, 0.3) is 0 Å². The SMILES string of the molecule is CCc1c(-c2csc(CC(C)N)n2)oc2ccccc12. The summed E-state index contributed by atoms with van der Waals surface area (Å²) in [6.07, 6.45) is 1.75. The van der Waals surface area contributed by atoms with Crippen LogP contribution in [0.4, 0.5) is 0 Å². The number of para-hydroxylation sites is 1. The Hall–Kier alpha value is -1.65. The third kappa shape index (κ3) is 2.37. The molecule has 0 aliphatic heterocycles. The van der Waals surface area contributed by atoms with Gasteiger partial charge >= 0.3 is 0 Å². The van der Waals surface area contributed by atoms with Crippen LogP contribution < -0.4 is 5.73 Å². The Labute approximate surface area is 122 Å². The molecule has 0 aliphatic rings. The smallest absolute Gasteiger partial charge is 0.157 e. The molecule has 2 heterocycles. The Morgan fingerprint density at radius 3 is 2.90 bits per heavy atom. The summed E-state index contributed by atoms with van der Waals surface area (Å²) in [7, 11) is 0. The van der Waals surface area contributed by atoms with E-state index in [4.69, 9.17) is 10.2 Å². The fraction of sp³-hybridized carbons (Fsp3) is 0.312. The van der Waals surface area contributed by atoms with Gasteiger partial charge in [-0.2, -0.15) is 0 Å². The van der Waals surface area contributed by atoms with E-state index in [-0.39, 0.29) is 6.04 Å². The molecule has 0 bridgehead atoms. The zero-order valence-electron chi connectivity index (χ0n) is 11.7. The molecule has 0 aliphatic carbocycles. The molecule has 0 amide bonds. The van der Waals surface area contributed by atoms with Crippen molar-refractivity contribution < 1.29 is 4.42 Å². The highest BCUT2D eigenvalue weighted by Crippen LogP contribution is 2.34. The van der Waals surface area contributed by atoms with Gasteiger partial charge in [-0.3, -0.25) is 0 Å². The Kier molecular flexibility index (Phi) is 3.59. The van der Waals surface area contributed by atoms with Crippen molar-refractivity contribution in [3.05, 3.63) is 40.2 Å². The van der Waals surface area contributed by atoms with Crippen molar-refractivity contribution >= 4 is 22.3 Å². The standard InChI is InChI=1S/C16H18N2OS/c1-3-11-12-6-4-5-7-14(12)19-16(11)13-9-20-15(18-13)8-10(2)17/h4-7,9-10H,3,8,17H2,1-2H3. The number of nitrogens with two attached hydrogens (primary N) is 1. The topological polar surface area (TPSA) is 52.0 Å². The highest BCUT2D eigenvalue weighted by molar-refractivity contribution is 7.09. The molecule has 1 atom stereocenters. The quantitative estimate of drug-likeness (QED) is 0.788. The monoisotopic (exact) mass is 286 g/mol. The van der Waals surface area contributed by atoms with E-state index in [2.05, 4.69) is 23.4 Å². The third-order valence-corrected chi connectivity index (χ3v) is 4.20. The van der Waals surface area contributed by atoms with Gasteiger partial charge in [0, 0.05) is 28.8 Å². The van der Waals surface area contributed by atoms with Gasteiger partial charge in [-0.15, -0.1) is 11.3 Å². The number of nitrogens with zero attached hydrogens (tertiary/aromatic N) is 1. The predicted molar refractivity (Wildman–Crippen MR) is 84.1 cm³/mol. The predicted octanol–water partition coefficient (Wildman–Crippen LogP) is 4.01. The lowest BCUT2D eigenvalue weighted by molar-refractivity contribution is 0.624. The van der Waals surface area contributed by atoms with E-state index in [1.807, 2.05) is 25.1 Å². The number of aryl methyl sites for hydroxylation is 1. The van der Waals surface area contributed by atoms with Gasteiger partial charge in [0.15, 0.2) is 5.76 Å². The molecule has 1 aromatic carbocycles. The average molecular weight is 286 g/mol. The van der Waals surface area contributed by atoms with E-state index in [0.717, 1.165) is 34.9 Å². The number of aromatic nitrogens is 1. The molecule has 3 nitrogen and oxygen atoms in total. The third-order valence-electron chi connectivity index (χ3n) is 3.33. The summed E-state index contributed by atoms with van der Waals surface area (Å²) >= 11 is 1.65. The van der Waals surface area contributed by atoms with Gasteiger partial charge in [0.2, 0.25) is 0 Å². The molecule has 0 saturated heterocycles. The summed E-state index contributed by atoms with van der Waals surface area (Å²) < 4.78 is 6.01. The van der Waals surface area contributed by atoms with Crippen molar-refractivity contribution in [2.75, 3.05) is 0 Å². The summed E-state index contributed by atoms with van der Waals surface area (Å²) in [6.45, 7) is 4.15. The van der Waals surface area contributed by atoms with Crippen molar-refractivity contribution in [1.29, 1.82) is 0 Å². The van der Waals surface area contributed by atoms with Crippen LogP contribution in [0.2, 0.25) is 0 Å². The number of benzene rings is 1. The number of rotatable bonds is 4. The van der Waals surface area contributed by atoms with Gasteiger partial charge in [0.1, 0.15) is 11.3 Å². The number of furan rings is 1. The lowest BCUT2D eigenvalue weighted by Crippen LogP contribution is -2.17. The van der Waals surface area contributed by atoms with Gasteiger partial charge in [-0.25, -0.2) is 4.98 Å².